The van der Waals surface area contributed by atoms with Gasteiger partial charge in [-0.25, -0.2) is 0 Å². The second-order valence-corrected chi connectivity index (χ2v) is 4.60. The summed E-state index contributed by atoms with van der Waals surface area (Å²) in [7, 11) is 0. The van der Waals surface area contributed by atoms with E-state index in [4.69, 9.17) is 27.6 Å². The quantitative estimate of drug-likeness (QED) is 0.761. The van der Waals surface area contributed by atoms with Crippen molar-refractivity contribution >= 4 is 39.4 Å². The molecule has 2 aromatic rings. The number of carbonyl (C=O) groups is 1. The maximum atomic E-state index is 10.9. The van der Waals surface area contributed by atoms with E-state index < -0.39 is 5.24 Å². The fourth-order valence-corrected chi connectivity index (χ4v) is 2.18. The van der Waals surface area contributed by atoms with Crippen LogP contribution in [0.3, 0.4) is 0 Å². The van der Waals surface area contributed by atoms with E-state index in [0.29, 0.717) is 5.02 Å². The molecule has 0 aliphatic rings. The lowest BCUT2D eigenvalue weighted by Gasteiger charge is -2.04. The van der Waals surface area contributed by atoms with Crippen LogP contribution in [0.25, 0.3) is 11.0 Å². The number of hydrogen-bond acceptors (Lipinski definition) is 2. The van der Waals surface area contributed by atoms with Crippen LogP contribution in [0.2, 0.25) is 5.02 Å². The summed E-state index contributed by atoms with van der Waals surface area (Å²) in [5.41, 5.74) is 3.42. The van der Waals surface area contributed by atoms with E-state index in [-0.39, 0.29) is 6.42 Å². The molecule has 0 fully saturated rings. The van der Waals surface area contributed by atoms with Crippen LogP contribution in [0, 0.1) is 13.8 Å². The molecule has 16 heavy (non-hydrogen) atoms. The third-order valence-corrected chi connectivity index (χ3v) is 3.34. The van der Waals surface area contributed by atoms with E-state index in [0.717, 1.165) is 27.7 Å². The zero-order valence-corrected chi connectivity index (χ0v) is 10.4. The molecule has 0 saturated heterocycles. The highest BCUT2D eigenvalue weighted by Crippen LogP contribution is 2.32. The van der Waals surface area contributed by atoms with Crippen LogP contribution in [-0.4, -0.2) is 5.24 Å². The molecular weight excluding hydrogens is 247 g/mol. The number of halogens is 2. The van der Waals surface area contributed by atoms with Crippen molar-refractivity contribution < 1.29 is 9.21 Å². The average molecular weight is 257 g/mol. The van der Waals surface area contributed by atoms with Gasteiger partial charge in [-0.15, -0.1) is 0 Å². The zero-order chi connectivity index (χ0) is 11.9. The second-order valence-electron chi connectivity index (χ2n) is 3.80. The lowest BCUT2D eigenvalue weighted by molar-refractivity contribution is -0.111. The van der Waals surface area contributed by atoms with Gasteiger partial charge in [0.05, 0.1) is 12.7 Å². The van der Waals surface area contributed by atoms with Crippen LogP contribution in [0.1, 0.15) is 16.7 Å². The minimum atomic E-state index is -0.404. The van der Waals surface area contributed by atoms with E-state index in [1.165, 1.54) is 0 Å². The van der Waals surface area contributed by atoms with Gasteiger partial charge in [0.2, 0.25) is 5.24 Å². The average Bonchev–Trinajstić information content (AvgIpc) is 2.57. The Balaban J connectivity index is 2.71. The maximum Gasteiger partial charge on any atom is 0.226 e. The predicted octanol–water partition coefficient (Wildman–Crippen LogP) is 4.01. The first kappa shape index (κ1) is 11.5. The van der Waals surface area contributed by atoms with E-state index in [2.05, 4.69) is 0 Å². The normalized spacial score (nSPS) is 11.0. The van der Waals surface area contributed by atoms with Gasteiger partial charge in [-0.05, 0) is 42.6 Å². The lowest BCUT2D eigenvalue weighted by Crippen LogP contribution is -1.93. The van der Waals surface area contributed by atoms with Crippen molar-refractivity contribution in [3.05, 3.63) is 34.0 Å². The summed E-state index contributed by atoms with van der Waals surface area (Å²) >= 11 is 11.5. The van der Waals surface area contributed by atoms with Crippen molar-refractivity contribution in [1.29, 1.82) is 0 Å². The van der Waals surface area contributed by atoms with Gasteiger partial charge in [0.15, 0.2) is 0 Å². The third-order valence-electron chi connectivity index (χ3n) is 2.62. The lowest BCUT2D eigenvalue weighted by atomic mass is 10.0. The molecule has 0 aliphatic heterocycles. The van der Waals surface area contributed by atoms with Crippen molar-refractivity contribution in [2.45, 2.75) is 20.3 Å². The first-order valence-electron chi connectivity index (χ1n) is 4.85. The minimum absolute atomic E-state index is 0.161. The molecule has 0 radical (unpaired) electrons. The monoisotopic (exact) mass is 256 g/mol. The molecular formula is C12H10Cl2O2. The zero-order valence-electron chi connectivity index (χ0n) is 8.93. The topological polar surface area (TPSA) is 30.2 Å². The van der Waals surface area contributed by atoms with Gasteiger partial charge in [-0.3, -0.25) is 4.79 Å². The van der Waals surface area contributed by atoms with Gasteiger partial charge >= 0.3 is 0 Å². The van der Waals surface area contributed by atoms with Gasteiger partial charge in [0.1, 0.15) is 5.58 Å². The third kappa shape index (κ3) is 1.83. The van der Waals surface area contributed by atoms with Crippen LogP contribution in [0.15, 0.2) is 16.7 Å². The summed E-state index contributed by atoms with van der Waals surface area (Å²) in [5, 5.41) is 1.19. The van der Waals surface area contributed by atoms with Gasteiger partial charge in [0.25, 0.3) is 0 Å². The van der Waals surface area contributed by atoms with Crippen molar-refractivity contribution in [2.24, 2.45) is 0 Å². The maximum absolute atomic E-state index is 10.9. The van der Waals surface area contributed by atoms with E-state index in [1.54, 1.807) is 6.26 Å². The van der Waals surface area contributed by atoms with Crippen LogP contribution >= 0.6 is 23.2 Å². The molecule has 0 saturated carbocycles. The van der Waals surface area contributed by atoms with E-state index in [1.807, 2.05) is 19.9 Å². The van der Waals surface area contributed by atoms with Crippen molar-refractivity contribution in [3.63, 3.8) is 0 Å². The predicted molar refractivity (Wildman–Crippen MR) is 65.3 cm³/mol. The molecule has 4 heteroatoms. The number of benzene rings is 1. The molecule has 2 rings (SSSR count). The Hall–Kier alpha value is -0.990. The van der Waals surface area contributed by atoms with Crippen LogP contribution < -0.4 is 0 Å². The van der Waals surface area contributed by atoms with Gasteiger partial charge in [-0.1, -0.05) is 11.6 Å². The Morgan fingerprint density at radius 3 is 2.75 bits per heavy atom. The molecule has 0 atom stereocenters. The Bertz CT molecular complexity index is 570. The van der Waals surface area contributed by atoms with Crippen LogP contribution in [-0.2, 0) is 11.2 Å². The largest absolute Gasteiger partial charge is 0.464 e. The molecule has 84 valence electrons. The molecule has 0 unspecified atom stereocenters. The molecule has 0 aliphatic carbocycles. The number of rotatable bonds is 2. The highest BCUT2D eigenvalue weighted by Gasteiger charge is 2.14. The second kappa shape index (κ2) is 4.11. The SMILES string of the molecule is Cc1cc2occ(CC(=O)Cl)c2c(C)c1Cl. The summed E-state index contributed by atoms with van der Waals surface area (Å²) in [6.45, 7) is 3.83. The highest BCUT2D eigenvalue weighted by atomic mass is 35.5. The number of hydrogen-bond donors (Lipinski definition) is 0. The van der Waals surface area contributed by atoms with Crippen LogP contribution in [0.4, 0.5) is 0 Å². The summed E-state index contributed by atoms with van der Waals surface area (Å²) in [5.74, 6) is 0. The van der Waals surface area contributed by atoms with Crippen molar-refractivity contribution in [3.8, 4) is 0 Å². The summed E-state index contributed by atoms with van der Waals surface area (Å²) < 4.78 is 5.40. The molecule has 2 nitrogen and oxygen atoms in total. The number of furan rings is 1. The molecule has 1 aromatic heterocycles. The molecule has 0 bridgehead atoms. The first-order valence-corrected chi connectivity index (χ1v) is 5.60. The van der Waals surface area contributed by atoms with Gasteiger partial charge in [0, 0.05) is 16.0 Å². The fourth-order valence-electron chi connectivity index (χ4n) is 1.89. The number of aryl methyl sites for hydroxylation is 2. The summed E-state index contributed by atoms with van der Waals surface area (Å²) in [4.78, 5) is 10.9. The van der Waals surface area contributed by atoms with Crippen molar-refractivity contribution in [1.82, 2.24) is 0 Å². The molecule has 0 spiro atoms. The summed E-state index contributed by atoms with van der Waals surface area (Å²) in [6, 6.07) is 1.87. The van der Waals surface area contributed by atoms with Crippen LogP contribution in [0.5, 0.6) is 0 Å². The van der Waals surface area contributed by atoms with Gasteiger partial charge < -0.3 is 4.42 Å². The Kier molecular flexibility index (Phi) is 2.96. The molecule has 0 N–H and O–H groups in total. The minimum Gasteiger partial charge on any atom is -0.464 e. The smallest absolute Gasteiger partial charge is 0.226 e. The standard InChI is InChI=1S/C12H10Cl2O2/c1-6-3-9-11(7(2)12(6)14)8(5-16-9)4-10(13)15/h3,5H,4H2,1-2H3. The first-order chi connectivity index (χ1) is 7.50. The Labute approximate surface area is 103 Å². The van der Waals surface area contributed by atoms with E-state index >= 15 is 0 Å². The van der Waals surface area contributed by atoms with Crippen molar-refractivity contribution in [2.75, 3.05) is 0 Å². The summed E-state index contributed by atoms with van der Waals surface area (Å²) in [6.07, 6.45) is 1.72. The highest BCUT2D eigenvalue weighted by molar-refractivity contribution is 6.63. The van der Waals surface area contributed by atoms with E-state index in [9.17, 15) is 4.79 Å². The number of carbonyl (C=O) groups excluding carboxylic acids is 1. The molecule has 1 heterocycles. The van der Waals surface area contributed by atoms with Gasteiger partial charge in [-0.2, -0.15) is 0 Å². The Morgan fingerprint density at radius 2 is 2.12 bits per heavy atom. The number of fused-ring (bicyclic) bond motifs is 1. The Morgan fingerprint density at radius 1 is 1.44 bits per heavy atom. The molecule has 0 amide bonds. The fraction of sp³-hybridized carbons (Fsp3) is 0.250. The molecule has 1 aromatic carbocycles.